The normalized spacial score (nSPS) is 15.2. The molecule has 7 nitrogen and oxygen atoms in total. The predicted octanol–water partition coefficient (Wildman–Crippen LogP) is 5.40. The van der Waals surface area contributed by atoms with Crippen LogP contribution in [0.15, 0.2) is 54.1 Å². The van der Waals surface area contributed by atoms with Crippen LogP contribution in [-0.4, -0.2) is 23.5 Å². The van der Waals surface area contributed by atoms with E-state index in [0.717, 1.165) is 5.56 Å². The molecule has 3 aromatic carbocycles. The Morgan fingerprint density at radius 2 is 2.06 bits per heavy atom. The standard InChI is InChI=1S/C26H22ClFN4O3S/c1-3-17-21(32-36(34,35)23-11-16(27)10-19-18(23)4-7-22(19)33)6-5-20(28)24(17)14-8-13(2)25-15(9-14)12-30-26(29)31-25/h3,5-6,8-12,22,32-33H,1,4,7H2,2H3,(H2,29,30,31)/t22-/m1/s1. The van der Waals surface area contributed by atoms with E-state index in [9.17, 15) is 13.5 Å². The van der Waals surface area contributed by atoms with Crippen LogP contribution in [0.5, 0.6) is 0 Å². The van der Waals surface area contributed by atoms with Gasteiger partial charge in [0, 0.05) is 27.7 Å². The molecule has 4 aromatic rings. The van der Waals surface area contributed by atoms with Gasteiger partial charge in [-0.2, -0.15) is 0 Å². The third-order valence-electron chi connectivity index (χ3n) is 6.35. The van der Waals surface area contributed by atoms with Crippen molar-refractivity contribution >= 4 is 50.2 Å². The van der Waals surface area contributed by atoms with Gasteiger partial charge < -0.3 is 10.8 Å². The van der Waals surface area contributed by atoms with Crippen LogP contribution in [-0.2, 0) is 16.4 Å². The minimum Gasteiger partial charge on any atom is -0.388 e. The van der Waals surface area contributed by atoms with E-state index < -0.39 is 21.9 Å². The number of rotatable bonds is 5. The molecule has 1 heterocycles. The largest absolute Gasteiger partial charge is 0.388 e. The van der Waals surface area contributed by atoms with Crippen molar-refractivity contribution in [1.82, 2.24) is 9.97 Å². The Hall–Kier alpha value is -3.53. The van der Waals surface area contributed by atoms with E-state index in [1.165, 1.54) is 24.3 Å². The monoisotopic (exact) mass is 524 g/mol. The summed E-state index contributed by atoms with van der Waals surface area (Å²) in [6, 6.07) is 8.96. The van der Waals surface area contributed by atoms with Crippen LogP contribution in [0, 0.1) is 12.7 Å². The lowest BCUT2D eigenvalue weighted by Crippen LogP contribution is -2.16. The first-order chi connectivity index (χ1) is 17.1. The minimum atomic E-state index is -4.13. The highest BCUT2D eigenvalue weighted by Crippen LogP contribution is 2.40. The number of hydrogen-bond acceptors (Lipinski definition) is 6. The summed E-state index contributed by atoms with van der Waals surface area (Å²) in [5.74, 6) is -0.414. The molecular weight excluding hydrogens is 503 g/mol. The number of sulfonamides is 1. The third-order valence-corrected chi connectivity index (χ3v) is 8.00. The summed E-state index contributed by atoms with van der Waals surface area (Å²) in [7, 11) is -4.13. The van der Waals surface area contributed by atoms with Crippen molar-refractivity contribution in [2.24, 2.45) is 0 Å². The number of nitrogens with zero attached hydrogens (tertiary/aromatic N) is 2. The Kier molecular flexibility index (Phi) is 5.94. The van der Waals surface area contributed by atoms with E-state index in [4.69, 9.17) is 17.3 Å². The van der Waals surface area contributed by atoms with Crippen LogP contribution in [0.3, 0.4) is 0 Å². The number of aliphatic hydroxyl groups excluding tert-OH is 1. The summed E-state index contributed by atoms with van der Waals surface area (Å²) in [5, 5.41) is 11.1. The highest BCUT2D eigenvalue weighted by atomic mass is 35.5. The van der Waals surface area contributed by atoms with Gasteiger partial charge in [0.25, 0.3) is 10.0 Å². The SMILES string of the molecule is C=Cc1c(NS(=O)(=O)c2cc(Cl)cc3c2CC[C@H]3O)ccc(F)c1-c1cc(C)c2nc(N)ncc2c1. The highest BCUT2D eigenvalue weighted by molar-refractivity contribution is 7.92. The molecule has 1 aromatic heterocycles. The van der Waals surface area contributed by atoms with E-state index in [1.807, 2.05) is 6.92 Å². The summed E-state index contributed by atoms with van der Waals surface area (Å²) in [4.78, 5) is 8.25. The molecule has 0 aliphatic heterocycles. The zero-order valence-electron chi connectivity index (χ0n) is 19.2. The number of nitrogens with two attached hydrogens (primary N) is 1. The lowest BCUT2D eigenvalue weighted by Gasteiger charge is -2.18. The highest BCUT2D eigenvalue weighted by Gasteiger charge is 2.30. The van der Waals surface area contributed by atoms with Crippen LogP contribution in [0.2, 0.25) is 5.02 Å². The van der Waals surface area contributed by atoms with Gasteiger partial charge >= 0.3 is 0 Å². The van der Waals surface area contributed by atoms with Gasteiger partial charge in [-0.3, -0.25) is 4.72 Å². The van der Waals surface area contributed by atoms with Crippen molar-refractivity contribution in [3.05, 3.63) is 82.3 Å². The van der Waals surface area contributed by atoms with Crippen molar-refractivity contribution in [2.45, 2.75) is 30.8 Å². The minimum absolute atomic E-state index is 0.0151. The summed E-state index contributed by atoms with van der Waals surface area (Å²) in [5.41, 5.74) is 9.23. The zero-order chi connectivity index (χ0) is 25.8. The van der Waals surface area contributed by atoms with Gasteiger partial charge in [-0.1, -0.05) is 24.3 Å². The maximum absolute atomic E-state index is 15.2. The van der Waals surface area contributed by atoms with Crippen molar-refractivity contribution < 1.29 is 17.9 Å². The fraction of sp³-hybridized carbons (Fsp3) is 0.154. The first-order valence-corrected chi connectivity index (χ1v) is 13.0. The second-order valence-corrected chi connectivity index (χ2v) is 10.8. The van der Waals surface area contributed by atoms with E-state index in [2.05, 4.69) is 21.3 Å². The number of anilines is 2. The average molecular weight is 525 g/mol. The summed E-state index contributed by atoms with van der Waals surface area (Å²) in [6.45, 7) is 5.63. The molecule has 0 fully saturated rings. The topological polar surface area (TPSA) is 118 Å². The van der Waals surface area contributed by atoms with Crippen LogP contribution in [0.25, 0.3) is 28.1 Å². The van der Waals surface area contributed by atoms with Gasteiger partial charge in [-0.25, -0.2) is 22.8 Å². The molecule has 1 aliphatic carbocycles. The molecule has 1 atom stereocenters. The molecule has 0 radical (unpaired) electrons. The van der Waals surface area contributed by atoms with Gasteiger partial charge in [-0.05, 0) is 78.4 Å². The number of benzene rings is 3. The molecule has 0 amide bonds. The number of nitrogens with one attached hydrogen (secondary N) is 1. The molecule has 0 saturated heterocycles. The fourth-order valence-corrected chi connectivity index (χ4v) is 6.44. The molecule has 0 unspecified atom stereocenters. The Bertz CT molecular complexity index is 1670. The average Bonchev–Trinajstić information content (AvgIpc) is 3.19. The number of halogens is 2. The summed E-state index contributed by atoms with van der Waals surface area (Å²) in [6.07, 6.45) is 3.00. The summed E-state index contributed by atoms with van der Waals surface area (Å²) < 4.78 is 44.7. The van der Waals surface area contributed by atoms with E-state index in [-0.39, 0.29) is 32.7 Å². The first-order valence-electron chi connectivity index (χ1n) is 11.1. The van der Waals surface area contributed by atoms with Crippen LogP contribution in [0.1, 0.15) is 34.8 Å². The number of aryl methyl sites for hydroxylation is 1. The Labute approximate surface area is 212 Å². The maximum Gasteiger partial charge on any atom is 0.262 e. The van der Waals surface area contributed by atoms with Gasteiger partial charge in [0.15, 0.2) is 0 Å². The number of nitrogen functional groups attached to an aromatic ring is 1. The van der Waals surface area contributed by atoms with E-state index in [0.29, 0.717) is 40.4 Å². The number of aromatic nitrogens is 2. The second kappa shape index (κ2) is 8.85. The lowest BCUT2D eigenvalue weighted by atomic mass is 9.95. The number of hydrogen-bond donors (Lipinski definition) is 3. The van der Waals surface area contributed by atoms with Crippen LogP contribution in [0.4, 0.5) is 16.0 Å². The Morgan fingerprint density at radius 1 is 1.28 bits per heavy atom. The Balaban J connectivity index is 1.64. The van der Waals surface area contributed by atoms with Crippen LogP contribution < -0.4 is 10.5 Å². The zero-order valence-corrected chi connectivity index (χ0v) is 20.8. The molecule has 1 aliphatic rings. The van der Waals surface area contributed by atoms with Crippen LogP contribution >= 0.6 is 11.6 Å². The van der Waals surface area contributed by atoms with Crippen molar-refractivity contribution in [3.63, 3.8) is 0 Å². The van der Waals surface area contributed by atoms with Gasteiger partial charge in [0.1, 0.15) is 5.82 Å². The molecule has 4 N–H and O–H groups in total. The van der Waals surface area contributed by atoms with E-state index in [1.54, 1.807) is 24.4 Å². The second-order valence-electron chi connectivity index (χ2n) is 8.68. The first kappa shape index (κ1) is 24.2. The number of fused-ring (bicyclic) bond motifs is 2. The smallest absolute Gasteiger partial charge is 0.262 e. The van der Waals surface area contributed by atoms with Crippen molar-refractivity contribution in [3.8, 4) is 11.1 Å². The third kappa shape index (κ3) is 4.09. The Morgan fingerprint density at radius 3 is 2.81 bits per heavy atom. The molecule has 0 bridgehead atoms. The fourth-order valence-electron chi connectivity index (χ4n) is 4.74. The maximum atomic E-state index is 15.2. The quantitative estimate of drug-likeness (QED) is 0.321. The van der Waals surface area contributed by atoms with Crippen molar-refractivity contribution in [1.29, 1.82) is 0 Å². The number of aliphatic hydroxyl groups is 1. The van der Waals surface area contributed by atoms with Gasteiger partial charge in [-0.15, -0.1) is 0 Å². The van der Waals surface area contributed by atoms with Gasteiger partial charge in [0.05, 0.1) is 22.2 Å². The molecule has 184 valence electrons. The molecule has 0 saturated carbocycles. The lowest BCUT2D eigenvalue weighted by molar-refractivity contribution is 0.180. The summed E-state index contributed by atoms with van der Waals surface area (Å²) >= 11 is 6.17. The predicted molar refractivity (Wildman–Crippen MR) is 140 cm³/mol. The molecular formula is C26H22ClFN4O3S. The van der Waals surface area contributed by atoms with Gasteiger partial charge in [0.2, 0.25) is 5.95 Å². The molecule has 10 heteroatoms. The molecule has 36 heavy (non-hydrogen) atoms. The van der Waals surface area contributed by atoms with E-state index >= 15 is 4.39 Å². The van der Waals surface area contributed by atoms with Crippen molar-refractivity contribution in [2.75, 3.05) is 10.5 Å². The molecule has 5 rings (SSSR count). The molecule has 0 spiro atoms.